The van der Waals surface area contributed by atoms with Gasteiger partial charge in [-0.15, -0.1) is 0 Å². The van der Waals surface area contributed by atoms with Crippen molar-refractivity contribution in [2.75, 3.05) is 5.32 Å². The average molecular weight is 286 g/mol. The van der Waals surface area contributed by atoms with Crippen molar-refractivity contribution in [2.24, 2.45) is 11.7 Å². The highest BCUT2D eigenvalue weighted by Crippen LogP contribution is 2.32. The minimum Gasteiger partial charge on any atom is -0.342 e. The number of aromatic nitrogens is 2. The van der Waals surface area contributed by atoms with E-state index >= 15 is 0 Å². The van der Waals surface area contributed by atoms with Gasteiger partial charge in [0.05, 0.1) is 17.0 Å². The van der Waals surface area contributed by atoms with Crippen molar-refractivity contribution in [3.05, 3.63) is 24.0 Å². The van der Waals surface area contributed by atoms with Crippen LogP contribution in [-0.4, -0.2) is 21.4 Å². The lowest BCUT2D eigenvalue weighted by Gasteiger charge is -2.37. The predicted molar refractivity (Wildman–Crippen MR) is 84.0 cm³/mol. The highest BCUT2D eigenvalue weighted by Gasteiger charge is 2.37. The number of fused-ring (bicyclic) bond motifs is 1. The Morgan fingerprint density at radius 2 is 2.29 bits per heavy atom. The molecule has 2 unspecified atom stereocenters. The first kappa shape index (κ1) is 14.1. The lowest BCUT2D eigenvalue weighted by Crippen LogP contribution is -2.51. The maximum atomic E-state index is 12.5. The van der Waals surface area contributed by atoms with Gasteiger partial charge < -0.3 is 16.0 Å². The number of nitrogens with two attached hydrogens (primary N) is 1. The number of carbonyl (C=O) groups excluding carboxylic acids is 1. The van der Waals surface area contributed by atoms with Gasteiger partial charge in [0.1, 0.15) is 5.82 Å². The van der Waals surface area contributed by atoms with Crippen molar-refractivity contribution in [1.29, 1.82) is 0 Å². The summed E-state index contributed by atoms with van der Waals surface area (Å²) in [6.07, 6.45) is 3.95. The molecule has 1 heterocycles. The minimum atomic E-state index is -0.406. The number of aryl methyl sites for hydroxylation is 1. The number of H-pyrrole nitrogens is 1. The van der Waals surface area contributed by atoms with E-state index in [0.717, 1.165) is 48.2 Å². The van der Waals surface area contributed by atoms with Crippen LogP contribution in [0.2, 0.25) is 0 Å². The van der Waals surface area contributed by atoms with Crippen LogP contribution in [0.15, 0.2) is 18.2 Å². The molecular weight excluding hydrogens is 264 g/mol. The zero-order valence-electron chi connectivity index (χ0n) is 12.6. The average Bonchev–Trinajstić information content (AvgIpc) is 2.77. The molecule has 0 spiro atoms. The van der Waals surface area contributed by atoms with Crippen LogP contribution in [0.25, 0.3) is 11.0 Å². The van der Waals surface area contributed by atoms with E-state index < -0.39 is 5.54 Å². The molecule has 1 amide bonds. The van der Waals surface area contributed by atoms with Crippen molar-refractivity contribution in [2.45, 2.75) is 45.1 Å². The number of benzene rings is 1. The summed E-state index contributed by atoms with van der Waals surface area (Å²) < 4.78 is 0. The van der Waals surface area contributed by atoms with Gasteiger partial charge in [0.25, 0.3) is 0 Å². The molecule has 2 aromatic rings. The smallest absolute Gasteiger partial charge is 0.229 e. The molecule has 0 bridgehead atoms. The third-order valence-corrected chi connectivity index (χ3v) is 4.44. The summed E-state index contributed by atoms with van der Waals surface area (Å²) in [5.74, 6) is 0.774. The second kappa shape index (κ2) is 5.15. The molecule has 112 valence electrons. The molecule has 0 radical (unpaired) electrons. The fraction of sp³-hybridized carbons (Fsp3) is 0.500. The molecule has 5 heteroatoms. The third kappa shape index (κ3) is 2.78. The molecule has 5 nitrogen and oxygen atoms in total. The van der Waals surface area contributed by atoms with Crippen LogP contribution in [0.1, 0.15) is 38.4 Å². The number of rotatable bonds is 2. The van der Waals surface area contributed by atoms with E-state index in [9.17, 15) is 4.79 Å². The number of amides is 1. The molecule has 2 atom stereocenters. The fourth-order valence-electron chi connectivity index (χ4n) is 3.23. The Kier molecular flexibility index (Phi) is 3.45. The summed E-state index contributed by atoms with van der Waals surface area (Å²) in [6.45, 7) is 3.90. The Morgan fingerprint density at radius 3 is 3.05 bits per heavy atom. The van der Waals surface area contributed by atoms with Gasteiger partial charge in [-0.2, -0.15) is 0 Å². The monoisotopic (exact) mass is 286 g/mol. The summed E-state index contributed by atoms with van der Waals surface area (Å²) in [6, 6.07) is 5.72. The van der Waals surface area contributed by atoms with Crippen molar-refractivity contribution in [3.8, 4) is 0 Å². The van der Waals surface area contributed by atoms with Crippen LogP contribution in [0.4, 0.5) is 5.69 Å². The van der Waals surface area contributed by atoms with Crippen molar-refractivity contribution < 1.29 is 4.79 Å². The van der Waals surface area contributed by atoms with Gasteiger partial charge in [-0.3, -0.25) is 4.79 Å². The molecule has 1 aromatic carbocycles. The molecule has 1 aliphatic carbocycles. The van der Waals surface area contributed by atoms with Crippen molar-refractivity contribution in [3.63, 3.8) is 0 Å². The lowest BCUT2D eigenvalue weighted by molar-refractivity contribution is -0.122. The van der Waals surface area contributed by atoms with Crippen LogP contribution in [0.3, 0.4) is 0 Å². The summed E-state index contributed by atoms with van der Waals surface area (Å²) in [5, 5.41) is 3.00. The van der Waals surface area contributed by atoms with Crippen molar-refractivity contribution in [1.82, 2.24) is 9.97 Å². The Labute approximate surface area is 124 Å². The maximum Gasteiger partial charge on any atom is 0.229 e. The second-order valence-corrected chi connectivity index (χ2v) is 6.35. The first-order valence-corrected chi connectivity index (χ1v) is 7.52. The van der Waals surface area contributed by atoms with Crippen LogP contribution in [0.5, 0.6) is 0 Å². The van der Waals surface area contributed by atoms with E-state index in [2.05, 4.69) is 15.3 Å². The standard InChI is InChI=1S/C16H22N4O/c1-10-18-13-7-6-11(9-14(13)19-10)20-15(21)12-5-3-4-8-16(12,2)17/h6-7,9,12H,3-5,8,17H2,1-2H3,(H,18,19)(H,20,21). The Morgan fingerprint density at radius 1 is 1.48 bits per heavy atom. The van der Waals surface area contributed by atoms with Gasteiger partial charge in [0.15, 0.2) is 0 Å². The quantitative estimate of drug-likeness (QED) is 0.793. The number of hydrogen-bond acceptors (Lipinski definition) is 3. The zero-order chi connectivity index (χ0) is 15.0. The Balaban J connectivity index is 1.79. The van der Waals surface area contributed by atoms with Crippen LogP contribution in [0, 0.1) is 12.8 Å². The Bertz CT molecular complexity index is 674. The second-order valence-electron chi connectivity index (χ2n) is 6.35. The normalized spacial score (nSPS) is 26.0. The highest BCUT2D eigenvalue weighted by atomic mass is 16.1. The van der Waals surface area contributed by atoms with E-state index in [4.69, 9.17) is 5.73 Å². The van der Waals surface area contributed by atoms with Crippen molar-refractivity contribution >= 4 is 22.6 Å². The predicted octanol–water partition coefficient (Wildman–Crippen LogP) is 2.72. The highest BCUT2D eigenvalue weighted by molar-refractivity contribution is 5.95. The maximum absolute atomic E-state index is 12.5. The number of aromatic amines is 1. The molecule has 1 aromatic heterocycles. The molecule has 0 aliphatic heterocycles. The lowest BCUT2D eigenvalue weighted by atomic mass is 9.74. The van der Waals surface area contributed by atoms with Gasteiger partial charge in [-0.05, 0) is 44.9 Å². The fourth-order valence-corrected chi connectivity index (χ4v) is 3.23. The molecule has 3 rings (SSSR count). The van der Waals surface area contributed by atoms with E-state index in [1.807, 2.05) is 32.0 Å². The molecule has 21 heavy (non-hydrogen) atoms. The summed E-state index contributed by atoms with van der Waals surface area (Å²) in [4.78, 5) is 20.0. The number of imidazole rings is 1. The number of hydrogen-bond donors (Lipinski definition) is 3. The van der Waals surface area contributed by atoms with E-state index in [0.29, 0.717) is 0 Å². The molecular formula is C16H22N4O. The largest absolute Gasteiger partial charge is 0.342 e. The molecule has 1 fully saturated rings. The number of nitrogens with one attached hydrogen (secondary N) is 2. The van der Waals surface area contributed by atoms with Gasteiger partial charge in [0.2, 0.25) is 5.91 Å². The van der Waals surface area contributed by atoms with E-state index in [1.54, 1.807) is 0 Å². The van der Waals surface area contributed by atoms with E-state index in [-0.39, 0.29) is 11.8 Å². The first-order valence-electron chi connectivity index (χ1n) is 7.52. The Hall–Kier alpha value is -1.88. The third-order valence-electron chi connectivity index (χ3n) is 4.44. The summed E-state index contributed by atoms with van der Waals surface area (Å²) >= 11 is 0. The zero-order valence-corrected chi connectivity index (χ0v) is 12.6. The first-order chi connectivity index (χ1) is 9.95. The van der Waals surface area contributed by atoms with Gasteiger partial charge >= 0.3 is 0 Å². The van der Waals surface area contributed by atoms with Crippen LogP contribution >= 0.6 is 0 Å². The summed E-state index contributed by atoms with van der Waals surface area (Å²) in [7, 11) is 0. The van der Waals surface area contributed by atoms with Crippen LogP contribution in [-0.2, 0) is 4.79 Å². The molecule has 1 aliphatic rings. The van der Waals surface area contributed by atoms with Crippen LogP contribution < -0.4 is 11.1 Å². The SMILES string of the molecule is Cc1nc2ccc(NC(=O)C3CCCCC3(C)N)cc2[nH]1. The van der Waals surface area contributed by atoms with E-state index in [1.165, 1.54) is 0 Å². The topological polar surface area (TPSA) is 83.8 Å². The van der Waals surface area contributed by atoms with Gasteiger partial charge in [-0.25, -0.2) is 4.98 Å². The minimum absolute atomic E-state index is 0.0234. The number of anilines is 1. The number of carbonyl (C=O) groups is 1. The number of nitrogens with zero attached hydrogens (tertiary/aromatic N) is 1. The van der Waals surface area contributed by atoms with Gasteiger partial charge in [-0.1, -0.05) is 12.8 Å². The van der Waals surface area contributed by atoms with Gasteiger partial charge in [0, 0.05) is 11.2 Å². The molecule has 0 saturated heterocycles. The summed E-state index contributed by atoms with van der Waals surface area (Å²) in [5.41, 5.74) is 8.52. The molecule has 4 N–H and O–H groups in total. The molecule has 1 saturated carbocycles.